The zero-order chi connectivity index (χ0) is 20.0. The molecule has 0 aliphatic heterocycles. The van der Waals surface area contributed by atoms with Crippen molar-refractivity contribution in [2.24, 2.45) is 5.41 Å². The van der Waals surface area contributed by atoms with Gasteiger partial charge in [-0.1, -0.05) is 24.3 Å². The molecule has 0 aromatic heterocycles. The minimum atomic E-state index is 0.411. The molecule has 0 spiro atoms. The second-order valence-electron chi connectivity index (χ2n) is 5.67. The van der Waals surface area contributed by atoms with Crippen molar-refractivity contribution in [1.82, 2.24) is 0 Å². The van der Waals surface area contributed by atoms with Gasteiger partial charge in [-0.25, -0.2) is 0 Å². The average molecular weight is 369 g/mol. The Bertz CT molecular complexity index is 338. The number of hydrogen-bond acceptors (Lipinski definition) is 0. The monoisotopic (exact) mass is 369 g/mol. The number of allylic oxidation sites excluding steroid dienone is 7. The molecule has 4 heteroatoms. The van der Waals surface area contributed by atoms with E-state index in [0.29, 0.717) is 5.41 Å². The largest absolute Gasteiger partial charge is 0.668 e. The summed E-state index contributed by atoms with van der Waals surface area (Å²) in [5.41, 5.74) is 1.64. The molecule has 0 saturated carbocycles. The summed E-state index contributed by atoms with van der Waals surface area (Å²) in [5.74, 6) is 0. The molecular formula is C20H39N3Ti. The van der Waals surface area contributed by atoms with Crippen LogP contribution < -0.4 is 0 Å². The fourth-order valence-electron chi connectivity index (χ4n) is 0.980. The molecule has 0 atom stereocenters. The van der Waals surface area contributed by atoms with E-state index in [4.69, 9.17) is 0 Å². The molecule has 0 aromatic rings. The fourth-order valence-corrected chi connectivity index (χ4v) is 1.29. The van der Waals surface area contributed by atoms with E-state index in [1.807, 2.05) is 26.0 Å². The van der Waals surface area contributed by atoms with E-state index in [1.165, 1.54) is 15.9 Å². The average Bonchev–Trinajstić information content (AvgIpc) is 2.52. The van der Waals surface area contributed by atoms with Crippen molar-refractivity contribution in [2.45, 2.75) is 34.1 Å². The van der Waals surface area contributed by atoms with Gasteiger partial charge in [0.05, 0.1) is 0 Å². The van der Waals surface area contributed by atoms with E-state index in [1.54, 1.807) is 42.3 Å². The summed E-state index contributed by atoms with van der Waals surface area (Å²) in [4.78, 5) is 0. The Hall–Kier alpha value is -0.446. The molecule has 138 valence electrons. The maximum absolute atomic E-state index is 3.56. The summed E-state index contributed by atoms with van der Waals surface area (Å²) >= 11 is 2.20. The van der Waals surface area contributed by atoms with Crippen LogP contribution in [-0.2, 0) is 20.4 Å². The van der Waals surface area contributed by atoms with Crippen LogP contribution >= 0.6 is 0 Å². The second kappa shape index (κ2) is 24.8. The Morgan fingerprint density at radius 2 is 1.46 bits per heavy atom. The van der Waals surface area contributed by atoms with Gasteiger partial charge in [0.2, 0.25) is 0 Å². The van der Waals surface area contributed by atoms with Crippen LogP contribution in [0, 0.1) is 5.41 Å². The van der Waals surface area contributed by atoms with Crippen LogP contribution in [0.3, 0.4) is 0 Å². The first kappa shape index (κ1) is 31.3. The molecule has 0 bridgehead atoms. The van der Waals surface area contributed by atoms with Gasteiger partial charge in [0.1, 0.15) is 0 Å². The van der Waals surface area contributed by atoms with Crippen molar-refractivity contribution in [3.8, 4) is 0 Å². The predicted molar refractivity (Wildman–Crippen MR) is 111 cm³/mol. The molecule has 1 rings (SSSR count). The summed E-state index contributed by atoms with van der Waals surface area (Å²) in [7, 11) is 10.5. The van der Waals surface area contributed by atoms with Crippen molar-refractivity contribution in [2.75, 3.05) is 42.3 Å². The molecule has 0 radical (unpaired) electrons. The zero-order valence-electron chi connectivity index (χ0n) is 17.6. The molecule has 0 N–H and O–H groups in total. The molecule has 1 aliphatic carbocycles. The molecule has 3 nitrogen and oxygen atoms in total. The van der Waals surface area contributed by atoms with Crippen LogP contribution in [0.2, 0.25) is 0 Å². The van der Waals surface area contributed by atoms with E-state index in [0.717, 1.165) is 0 Å². The third kappa shape index (κ3) is 29.6. The third-order valence-corrected chi connectivity index (χ3v) is 3.85. The predicted octanol–water partition coefficient (Wildman–Crippen LogP) is 6.40. The second-order valence-corrected chi connectivity index (χ2v) is 6.52. The van der Waals surface area contributed by atoms with E-state index in [-0.39, 0.29) is 0 Å². The maximum atomic E-state index is 3.56. The van der Waals surface area contributed by atoms with Crippen LogP contribution in [0.5, 0.6) is 0 Å². The van der Waals surface area contributed by atoms with Gasteiger partial charge in [0.25, 0.3) is 0 Å². The van der Waals surface area contributed by atoms with Crippen molar-refractivity contribution in [3.05, 3.63) is 62.4 Å². The summed E-state index contributed by atoms with van der Waals surface area (Å²) in [6, 6.07) is 0. The van der Waals surface area contributed by atoms with Gasteiger partial charge in [-0.2, -0.15) is 42.3 Å². The first-order valence-corrected chi connectivity index (χ1v) is 8.74. The van der Waals surface area contributed by atoms with Gasteiger partial charge >= 0.3 is 68.2 Å². The van der Waals surface area contributed by atoms with Crippen LogP contribution in [0.15, 0.2) is 46.4 Å². The van der Waals surface area contributed by atoms with Crippen LogP contribution in [-0.4, -0.2) is 42.3 Å². The number of rotatable bonds is 1. The van der Waals surface area contributed by atoms with Crippen molar-refractivity contribution < 1.29 is 20.4 Å². The first-order chi connectivity index (χ1) is 11.2. The number of hydrogen-bond donors (Lipinski definition) is 0. The first-order valence-electron chi connectivity index (χ1n) is 7.96. The molecule has 0 heterocycles. The summed E-state index contributed by atoms with van der Waals surface area (Å²) < 4.78 is 1.49. The molecule has 1 aliphatic rings. The molecule has 0 saturated heterocycles. The van der Waals surface area contributed by atoms with Gasteiger partial charge in [-0.05, 0) is 13.8 Å². The Kier molecular flexibility index (Phi) is 32.4. The van der Waals surface area contributed by atoms with Crippen LogP contribution in [0.1, 0.15) is 34.1 Å². The molecule has 0 amide bonds. The van der Waals surface area contributed by atoms with Crippen molar-refractivity contribution in [3.63, 3.8) is 0 Å². The fraction of sp³-hybridized carbons (Fsp3) is 0.600. The summed E-state index contributed by atoms with van der Waals surface area (Å²) in [6.07, 6.45) is 11.6. The standard InChI is InChI=1S/C8H11.C6H10.3C2H6N.Ti/c1-8(2)6-4-3-5-7-8;1-4-6(3)5-2;3*1-3-2;/h3-5H,6H2,1-2H3;4-5H,1H2,2-3H3;3*1-2H3;/q;;3*-1;+3. The molecule has 24 heavy (non-hydrogen) atoms. The quantitative estimate of drug-likeness (QED) is 0.379. The van der Waals surface area contributed by atoms with Crippen LogP contribution in [0.25, 0.3) is 16.0 Å². The van der Waals surface area contributed by atoms with Crippen LogP contribution in [0.4, 0.5) is 0 Å². The number of nitrogens with zero attached hydrogens (tertiary/aromatic N) is 3. The molecule has 0 unspecified atom stereocenters. The van der Waals surface area contributed by atoms with Gasteiger partial charge in [-0.15, -0.1) is 0 Å². The summed E-state index contributed by atoms with van der Waals surface area (Å²) in [5, 5.41) is 10.5. The minimum absolute atomic E-state index is 0.411. The SMILES string of the molecule is C=CC(C)=CC.CC1(C)CC=CC=[C]1[Ti+3].C[N-]C.C[N-]C.C[N-]C. The smallest absolute Gasteiger partial charge is 0.162 e. The summed E-state index contributed by atoms with van der Waals surface area (Å²) in [6.45, 7) is 12.1. The van der Waals surface area contributed by atoms with Gasteiger partial charge in [-0.3, -0.25) is 0 Å². The van der Waals surface area contributed by atoms with E-state index < -0.39 is 0 Å². The zero-order valence-corrected chi connectivity index (χ0v) is 19.2. The topological polar surface area (TPSA) is 42.3 Å². The van der Waals surface area contributed by atoms with Crippen molar-refractivity contribution >= 4 is 0 Å². The minimum Gasteiger partial charge on any atom is -0.668 e. The Morgan fingerprint density at radius 1 is 1.08 bits per heavy atom. The third-order valence-electron chi connectivity index (χ3n) is 2.53. The molecule has 0 fully saturated rings. The Morgan fingerprint density at radius 3 is 1.58 bits per heavy atom. The van der Waals surface area contributed by atoms with E-state index in [9.17, 15) is 0 Å². The van der Waals surface area contributed by atoms with E-state index >= 15 is 0 Å². The Labute approximate surface area is 164 Å². The maximum Gasteiger partial charge on any atom is -0.162 e. The van der Waals surface area contributed by atoms with Gasteiger partial charge in [0, 0.05) is 0 Å². The van der Waals surface area contributed by atoms with Gasteiger partial charge in [0.15, 0.2) is 0 Å². The van der Waals surface area contributed by atoms with Crippen molar-refractivity contribution in [1.29, 1.82) is 0 Å². The van der Waals surface area contributed by atoms with E-state index in [2.05, 4.69) is 75.0 Å². The van der Waals surface area contributed by atoms with Gasteiger partial charge < -0.3 is 16.0 Å². The Balaban J connectivity index is -0.000000116. The normalized spacial score (nSPS) is 14.0. The molecular weight excluding hydrogens is 330 g/mol. The molecule has 0 aromatic carbocycles.